The Labute approximate surface area is 112 Å². The average Bonchev–Trinajstić information content (AvgIpc) is 2.72. The van der Waals surface area contributed by atoms with E-state index >= 15 is 0 Å². The summed E-state index contributed by atoms with van der Waals surface area (Å²) < 4.78 is 0. The summed E-state index contributed by atoms with van der Waals surface area (Å²) in [7, 11) is 0. The van der Waals surface area contributed by atoms with Crippen LogP contribution < -0.4 is 0 Å². The zero-order valence-electron chi connectivity index (χ0n) is 10.2. The quantitative estimate of drug-likeness (QED) is 0.769. The normalized spacial score (nSPS) is 32.9. The van der Waals surface area contributed by atoms with Crippen molar-refractivity contribution >= 4 is 15.9 Å². The first-order chi connectivity index (χ1) is 8.30. The van der Waals surface area contributed by atoms with E-state index in [9.17, 15) is 0 Å². The molecule has 1 saturated heterocycles. The van der Waals surface area contributed by atoms with Crippen molar-refractivity contribution in [1.29, 1.82) is 0 Å². The molecule has 0 radical (unpaired) electrons. The van der Waals surface area contributed by atoms with Crippen molar-refractivity contribution in [1.82, 2.24) is 4.90 Å². The maximum Gasteiger partial charge on any atom is 0.0233 e. The van der Waals surface area contributed by atoms with Gasteiger partial charge in [-0.1, -0.05) is 46.3 Å². The molecule has 1 aliphatic heterocycles. The zero-order valence-corrected chi connectivity index (χ0v) is 11.8. The molecule has 2 heteroatoms. The molecule has 0 atom stereocenters. The van der Waals surface area contributed by atoms with Gasteiger partial charge >= 0.3 is 0 Å². The smallest absolute Gasteiger partial charge is 0.0233 e. The SMILES string of the molecule is BrCC1CC2(CCN(Cc3ccccc3)C2)C1. The summed E-state index contributed by atoms with van der Waals surface area (Å²) in [6.45, 7) is 3.76. The first-order valence-electron chi connectivity index (χ1n) is 6.62. The Kier molecular flexibility index (Phi) is 3.27. The van der Waals surface area contributed by atoms with Gasteiger partial charge in [0, 0.05) is 18.4 Å². The summed E-state index contributed by atoms with van der Waals surface area (Å²) in [5.41, 5.74) is 2.15. The summed E-state index contributed by atoms with van der Waals surface area (Å²) in [6, 6.07) is 10.9. The summed E-state index contributed by atoms with van der Waals surface area (Å²) in [6.07, 6.45) is 4.32. The lowest BCUT2D eigenvalue weighted by atomic mass is 9.62. The van der Waals surface area contributed by atoms with Gasteiger partial charge in [-0.2, -0.15) is 0 Å². The van der Waals surface area contributed by atoms with Gasteiger partial charge in [0.2, 0.25) is 0 Å². The van der Waals surface area contributed by atoms with Crippen LogP contribution in [0.25, 0.3) is 0 Å². The number of rotatable bonds is 3. The summed E-state index contributed by atoms with van der Waals surface area (Å²) in [5.74, 6) is 0.951. The van der Waals surface area contributed by atoms with Crippen LogP contribution in [0.3, 0.4) is 0 Å². The van der Waals surface area contributed by atoms with Crippen LogP contribution in [-0.4, -0.2) is 23.3 Å². The third kappa shape index (κ3) is 2.43. The molecule has 3 rings (SSSR count). The molecule has 1 saturated carbocycles. The number of halogens is 1. The first kappa shape index (κ1) is 11.7. The predicted molar refractivity (Wildman–Crippen MR) is 75.3 cm³/mol. The summed E-state index contributed by atoms with van der Waals surface area (Å²) in [4.78, 5) is 2.64. The minimum atomic E-state index is 0.688. The molecule has 1 aromatic rings. The standard InChI is InChI=1S/C15H20BrN/c16-10-14-8-15(9-14)6-7-17(12-15)11-13-4-2-1-3-5-13/h1-5,14H,6-12H2. The minimum Gasteiger partial charge on any atom is -0.299 e. The van der Waals surface area contributed by atoms with Crippen LogP contribution in [0.15, 0.2) is 30.3 Å². The molecule has 0 bridgehead atoms. The van der Waals surface area contributed by atoms with Crippen LogP contribution in [0.2, 0.25) is 0 Å². The maximum absolute atomic E-state index is 3.61. The van der Waals surface area contributed by atoms with Gasteiger partial charge in [-0.15, -0.1) is 0 Å². The topological polar surface area (TPSA) is 3.24 Å². The Balaban J connectivity index is 1.55. The van der Waals surface area contributed by atoms with Gasteiger partial charge in [-0.3, -0.25) is 4.90 Å². The Bertz CT molecular complexity index is 370. The molecular formula is C15H20BrN. The third-order valence-corrected chi connectivity index (χ3v) is 5.34. The van der Waals surface area contributed by atoms with Crippen LogP contribution in [0.5, 0.6) is 0 Å². The highest BCUT2D eigenvalue weighted by Crippen LogP contribution is 2.52. The molecular weight excluding hydrogens is 274 g/mol. The maximum atomic E-state index is 3.61. The van der Waals surface area contributed by atoms with Crippen LogP contribution >= 0.6 is 15.9 Å². The highest BCUT2D eigenvalue weighted by atomic mass is 79.9. The fraction of sp³-hybridized carbons (Fsp3) is 0.600. The molecule has 1 spiro atoms. The van der Waals surface area contributed by atoms with Crippen LogP contribution in [0, 0.1) is 11.3 Å². The van der Waals surface area contributed by atoms with Gasteiger partial charge < -0.3 is 0 Å². The molecule has 0 N–H and O–H groups in total. The van der Waals surface area contributed by atoms with E-state index in [-0.39, 0.29) is 0 Å². The third-order valence-electron chi connectivity index (χ3n) is 4.43. The fourth-order valence-electron chi connectivity index (χ4n) is 3.61. The molecule has 1 heterocycles. The Hall–Kier alpha value is -0.340. The van der Waals surface area contributed by atoms with E-state index in [1.807, 2.05) is 0 Å². The molecule has 0 aromatic heterocycles. The van der Waals surface area contributed by atoms with E-state index in [0.29, 0.717) is 5.41 Å². The van der Waals surface area contributed by atoms with Crippen LogP contribution in [0.1, 0.15) is 24.8 Å². The van der Waals surface area contributed by atoms with Crippen molar-refractivity contribution < 1.29 is 0 Å². The second-order valence-corrected chi connectivity index (χ2v) is 6.52. The van der Waals surface area contributed by atoms with E-state index in [1.165, 1.54) is 43.2 Å². The average molecular weight is 294 g/mol. The van der Waals surface area contributed by atoms with E-state index in [4.69, 9.17) is 0 Å². The molecule has 0 amide bonds. The summed E-state index contributed by atoms with van der Waals surface area (Å²) >= 11 is 3.61. The molecule has 0 unspecified atom stereocenters. The molecule has 1 nitrogen and oxygen atoms in total. The Morgan fingerprint density at radius 3 is 2.71 bits per heavy atom. The van der Waals surface area contributed by atoms with Gasteiger partial charge in [-0.25, -0.2) is 0 Å². The predicted octanol–water partition coefficient (Wildman–Crippen LogP) is 3.68. The van der Waals surface area contributed by atoms with Gasteiger partial charge in [0.05, 0.1) is 0 Å². The van der Waals surface area contributed by atoms with Crippen molar-refractivity contribution in [2.75, 3.05) is 18.4 Å². The fourth-order valence-corrected chi connectivity index (χ4v) is 4.07. The number of likely N-dealkylation sites (tertiary alicyclic amines) is 1. The molecule has 1 aromatic carbocycles. The molecule has 2 fully saturated rings. The lowest BCUT2D eigenvalue weighted by Gasteiger charge is -2.44. The van der Waals surface area contributed by atoms with Crippen molar-refractivity contribution in [2.45, 2.75) is 25.8 Å². The zero-order chi connectivity index (χ0) is 11.7. The van der Waals surface area contributed by atoms with Crippen molar-refractivity contribution in [3.63, 3.8) is 0 Å². The highest BCUT2D eigenvalue weighted by Gasteiger charge is 2.47. The largest absolute Gasteiger partial charge is 0.299 e. The monoisotopic (exact) mass is 293 g/mol. The van der Waals surface area contributed by atoms with Crippen LogP contribution in [-0.2, 0) is 6.54 Å². The van der Waals surface area contributed by atoms with E-state index < -0.39 is 0 Å². The molecule has 92 valence electrons. The van der Waals surface area contributed by atoms with E-state index in [2.05, 4.69) is 51.2 Å². The Morgan fingerprint density at radius 2 is 2.00 bits per heavy atom. The van der Waals surface area contributed by atoms with Gasteiger partial charge in [0.1, 0.15) is 0 Å². The number of hydrogen-bond acceptors (Lipinski definition) is 1. The van der Waals surface area contributed by atoms with E-state index in [0.717, 1.165) is 12.5 Å². The van der Waals surface area contributed by atoms with Crippen LogP contribution in [0.4, 0.5) is 0 Å². The Morgan fingerprint density at radius 1 is 1.24 bits per heavy atom. The summed E-state index contributed by atoms with van der Waals surface area (Å²) in [5, 5.41) is 1.20. The minimum absolute atomic E-state index is 0.688. The lowest BCUT2D eigenvalue weighted by Crippen LogP contribution is -2.40. The number of nitrogens with zero attached hydrogens (tertiary/aromatic N) is 1. The van der Waals surface area contributed by atoms with Crippen molar-refractivity contribution in [2.24, 2.45) is 11.3 Å². The second-order valence-electron chi connectivity index (χ2n) is 5.87. The first-order valence-corrected chi connectivity index (χ1v) is 7.74. The van der Waals surface area contributed by atoms with Gasteiger partial charge in [-0.05, 0) is 42.7 Å². The van der Waals surface area contributed by atoms with Gasteiger partial charge in [0.25, 0.3) is 0 Å². The number of hydrogen-bond donors (Lipinski definition) is 0. The van der Waals surface area contributed by atoms with Crippen molar-refractivity contribution in [3.05, 3.63) is 35.9 Å². The van der Waals surface area contributed by atoms with Crippen molar-refractivity contribution in [3.8, 4) is 0 Å². The van der Waals surface area contributed by atoms with Gasteiger partial charge in [0.15, 0.2) is 0 Å². The number of alkyl halides is 1. The number of benzene rings is 1. The molecule has 2 aliphatic rings. The lowest BCUT2D eigenvalue weighted by molar-refractivity contribution is 0.0774. The molecule has 17 heavy (non-hydrogen) atoms. The van der Waals surface area contributed by atoms with E-state index in [1.54, 1.807) is 0 Å². The molecule has 1 aliphatic carbocycles. The highest BCUT2D eigenvalue weighted by molar-refractivity contribution is 9.09. The second kappa shape index (κ2) is 4.74.